The minimum Gasteiger partial charge on any atom is -0.379 e. The van der Waals surface area contributed by atoms with Gasteiger partial charge in [-0.05, 0) is 31.0 Å². The van der Waals surface area contributed by atoms with Gasteiger partial charge in [0.25, 0.3) is 0 Å². The highest BCUT2D eigenvalue weighted by Crippen LogP contribution is 2.20. The minimum atomic E-state index is -0.300. The summed E-state index contributed by atoms with van der Waals surface area (Å²) in [7, 11) is 0. The Bertz CT molecular complexity index is 358. The van der Waals surface area contributed by atoms with Crippen molar-refractivity contribution in [2.75, 3.05) is 19.8 Å². The summed E-state index contributed by atoms with van der Waals surface area (Å²) < 4.78 is 24.3. The van der Waals surface area contributed by atoms with Crippen LogP contribution in [0.5, 0.6) is 0 Å². The molecule has 19 heavy (non-hydrogen) atoms. The van der Waals surface area contributed by atoms with E-state index in [1.165, 1.54) is 12.1 Å². The molecule has 0 aliphatic heterocycles. The Labute approximate surface area is 114 Å². The van der Waals surface area contributed by atoms with Crippen LogP contribution in [0.4, 0.5) is 4.39 Å². The largest absolute Gasteiger partial charge is 0.379 e. The van der Waals surface area contributed by atoms with E-state index < -0.39 is 0 Å². The molecule has 108 valence electrons. The van der Waals surface area contributed by atoms with Crippen molar-refractivity contribution in [2.45, 2.75) is 38.8 Å². The third-order valence-electron chi connectivity index (χ3n) is 2.82. The summed E-state index contributed by atoms with van der Waals surface area (Å²) in [6.45, 7) is 5.73. The lowest BCUT2D eigenvalue weighted by atomic mass is 10.0. The van der Waals surface area contributed by atoms with Crippen LogP contribution in [-0.2, 0) is 9.47 Å². The number of benzene rings is 1. The number of rotatable bonds is 9. The number of hydrogen-bond acceptors (Lipinski definition) is 3. The first-order chi connectivity index (χ1) is 9.15. The van der Waals surface area contributed by atoms with Crippen molar-refractivity contribution in [1.29, 1.82) is 0 Å². The van der Waals surface area contributed by atoms with Gasteiger partial charge in [-0.15, -0.1) is 0 Å². The van der Waals surface area contributed by atoms with Crippen LogP contribution < -0.4 is 5.73 Å². The van der Waals surface area contributed by atoms with Gasteiger partial charge >= 0.3 is 0 Å². The molecule has 0 bridgehead atoms. The molecule has 1 aromatic rings. The van der Waals surface area contributed by atoms with Gasteiger partial charge in [0.2, 0.25) is 0 Å². The molecule has 4 heteroatoms. The smallest absolute Gasteiger partial charge is 0.123 e. The second-order valence-corrected chi connectivity index (χ2v) is 4.67. The van der Waals surface area contributed by atoms with Gasteiger partial charge < -0.3 is 15.2 Å². The van der Waals surface area contributed by atoms with Gasteiger partial charge in [0.1, 0.15) is 5.82 Å². The average Bonchev–Trinajstić information content (AvgIpc) is 2.37. The fourth-order valence-corrected chi connectivity index (χ4v) is 1.82. The lowest BCUT2D eigenvalue weighted by Gasteiger charge is -2.22. The Kier molecular flexibility index (Phi) is 7.63. The van der Waals surface area contributed by atoms with Gasteiger partial charge in [-0.2, -0.15) is 0 Å². The predicted octanol–water partition coefficient (Wildman–Crippen LogP) is 3.05. The summed E-state index contributed by atoms with van der Waals surface area (Å²) in [5.74, 6) is -0.272. The van der Waals surface area contributed by atoms with E-state index >= 15 is 0 Å². The van der Waals surface area contributed by atoms with Crippen LogP contribution in [-0.4, -0.2) is 25.9 Å². The molecule has 2 atom stereocenters. The number of halogens is 1. The molecule has 0 amide bonds. The number of hydrogen-bond donors (Lipinski definition) is 1. The number of unbranched alkanes of at least 4 members (excludes halogenated alkanes) is 1. The number of ether oxygens (including phenoxy) is 2. The Hall–Kier alpha value is -0.970. The van der Waals surface area contributed by atoms with Crippen molar-refractivity contribution in [3.05, 3.63) is 35.6 Å². The van der Waals surface area contributed by atoms with E-state index in [2.05, 4.69) is 6.92 Å². The monoisotopic (exact) mass is 269 g/mol. The van der Waals surface area contributed by atoms with Gasteiger partial charge in [0.15, 0.2) is 0 Å². The van der Waals surface area contributed by atoms with E-state index in [0.29, 0.717) is 13.2 Å². The zero-order valence-corrected chi connectivity index (χ0v) is 11.8. The lowest BCUT2D eigenvalue weighted by Crippen LogP contribution is -2.28. The molecule has 0 radical (unpaired) electrons. The van der Waals surface area contributed by atoms with Crippen LogP contribution in [0.1, 0.15) is 38.4 Å². The Morgan fingerprint density at radius 3 is 2.68 bits per heavy atom. The van der Waals surface area contributed by atoms with E-state index in [1.807, 2.05) is 13.0 Å². The second-order valence-electron chi connectivity index (χ2n) is 4.67. The first-order valence-corrected chi connectivity index (χ1v) is 6.85. The Balaban J connectivity index is 2.41. The molecule has 0 saturated heterocycles. The molecule has 0 heterocycles. The first kappa shape index (κ1) is 16.1. The van der Waals surface area contributed by atoms with Gasteiger partial charge in [-0.1, -0.05) is 25.5 Å². The van der Waals surface area contributed by atoms with Crippen molar-refractivity contribution in [2.24, 2.45) is 5.73 Å². The normalized spacial score (nSPS) is 14.3. The molecule has 1 aromatic carbocycles. The van der Waals surface area contributed by atoms with E-state index in [4.69, 9.17) is 15.2 Å². The molecule has 0 spiro atoms. The van der Waals surface area contributed by atoms with Gasteiger partial charge in [0, 0.05) is 12.6 Å². The van der Waals surface area contributed by atoms with Crippen molar-refractivity contribution in [1.82, 2.24) is 0 Å². The van der Waals surface area contributed by atoms with Crippen molar-refractivity contribution in [3.63, 3.8) is 0 Å². The lowest BCUT2D eigenvalue weighted by molar-refractivity contribution is -0.00539. The van der Waals surface area contributed by atoms with E-state index in [-0.39, 0.29) is 18.0 Å². The summed E-state index contributed by atoms with van der Waals surface area (Å²) in [5.41, 5.74) is 6.66. The number of nitrogens with two attached hydrogens (primary N) is 1. The van der Waals surface area contributed by atoms with Gasteiger partial charge in [-0.3, -0.25) is 0 Å². The fourth-order valence-electron chi connectivity index (χ4n) is 1.82. The molecule has 0 saturated carbocycles. The topological polar surface area (TPSA) is 44.5 Å². The molecule has 2 unspecified atom stereocenters. The highest BCUT2D eigenvalue weighted by molar-refractivity contribution is 5.20. The molecule has 0 aromatic heterocycles. The van der Waals surface area contributed by atoms with E-state index in [1.54, 1.807) is 6.07 Å². The van der Waals surface area contributed by atoms with Crippen molar-refractivity contribution in [3.8, 4) is 0 Å². The molecular weight excluding hydrogens is 245 g/mol. The molecule has 3 nitrogen and oxygen atoms in total. The standard InChI is InChI=1S/C15H24FNO2/c1-3-4-8-18-9-10-19-15(12(2)17)13-6-5-7-14(16)11-13/h5-7,11-12,15H,3-4,8-10,17H2,1-2H3. The maximum Gasteiger partial charge on any atom is 0.123 e. The van der Waals surface area contributed by atoms with Crippen molar-refractivity contribution < 1.29 is 13.9 Å². The summed E-state index contributed by atoms with van der Waals surface area (Å²) >= 11 is 0. The van der Waals surface area contributed by atoms with Crippen LogP contribution >= 0.6 is 0 Å². The van der Waals surface area contributed by atoms with E-state index in [9.17, 15) is 4.39 Å². The molecule has 1 rings (SSSR count). The van der Waals surface area contributed by atoms with Gasteiger partial charge in [0.05, 0.1) is 19.3 Å². The maximum atomic E-state index is 13.2. The summed E-state index contributed by atoms with van der Waals surface area (Å²) in [5, 5.41) is 0. The summed E-state index contributed by atoms with van der Waals surface area (Å²) in [4.78, 5) is 0. The Morgan fingerprint density at radius 1 is 1.26 bits per heavy atom. The highest BCUT2D eigenvalue weighted by atomic mass is 19.1. The van der Waals surface area contributed by atoms with Crippen LogP contribution in [0.2, 0.25) is 0 Å². The summed E-state index contributed by atoms with van der Waals surface area (Å²) in [6, 6.07) is 6.18. The third kappa shape index (κ3) is 6.14. The SMILES string of the molecule is CCCCOCCOC(c1cccc(F)c1)C(C)N. The van der Waals surface area contributed by atoms with Crippen molar-refractivity contribution >= 4 is 0 Å². The third-order valence-corrected chi connectivity index (χ3v) is 2.82. The van der Waals surface area contributed by atoms with Crippen LogP contribution in [0.25, 0.3) is 0 Å². The zero-order valence-electron chi connectivity index (χ0n) is 11.8. The molecule has 0 fully saturated rings. The highest BCUT2D eigenvalue weighted by Gasteiger charge is 2.17. The summed E-state index contributed by atoms with van der Waals surface area (Å²) in [6.07, 6.45) is 1.87. The molecule has 0 aliphatic rings. The zero-order chi connectivity index (χ0) is 14.1. The second kappa shape index (κ2) is 9.02. The van der Waals surface area contributed by atoms with E-state index in [0.717, 1.165) is 25.0 Å². The quantitative estimate of drug-likeness (QED) is 0.701. The fraction of sp³-hybridized carbons (Fsp3) is 0.600. The minimum absolute atomic E-state index is 0.197. The van der Waals surface area contributed by atoms with Crippen LogP contribution in [0.15, 0.2) is 24.3 Å². The molecular formula is C15H24FNO2. The van der Waals surface area contributed by atoms with Crippen LogP contribution in [0, 0.1) is 5.82 Å². The predicted molar refractivity (Wildman–Crippen MR) is 74.5 cm³/mol. The maximum absolute atomic E-state index is 13.2. The van der Waals surface area contributed by atoms with Crippen LogP contribution in [0.3, 0.4) is 0 Å². The molecule has 0 aliphatic carbocycles. The van der Waals surface area contributed by atoms with Gasteiger partial charge in [-0.25, -0.2) is 4.39 Å². The average molecular weight is 269 g/mol. The molecule has 2 N–H and O–H groups in total. The first-order valence-electron chi connectivity index (χ1n) is 6.85. The Morgan fingerprint density at radius 2 is 2.05 bits per heavy atom.